The van der Waals surface area contributed by atoms with Crippen molar-refractivity contribution in [1.82, 2.24) is 10.0 Å². The van der Waals surface area contributed by atoms with E-state index in [1.165, 1.54) is 13.1 Å². The molecule has 0 saturated heterocycles. The lowest BCUT2D eigenvalue weighted by Crippen LogP contribution is -2.41. The van der Waals surface area contributed by atoms with Crippen LogP contribution in [-0.2, 0) is 19.9 Å². The van der Waals surface area contributed by atoms with Gasteiger partial charge in [0.2, 0.25) is 10.0 Å². The number of hydrogen-bond donors (Lipinski definition) is 2. The minimum atomic E-state index is -3.78. The maximum absolute atomic E-state index is 12.5. The summed E-state index contributed by atoms with van der Waals surface area (Å²) in [5.74, 6) is 0. The highest BCUT2D eigenvalue weighted by Crippen LogP contribution is 2.39. The molecule has 2 N–H and O–H groups in total. The van der Waals surface area contributed by atoms with Crippen molar-refractivity contribution in [3.63, 3.8) is 0 Å². The molecule has 9 heteroatoms. The number of thiocarbonyl (C=S) groups is 1. The van der Waals surface area contributed by atoms with Gasteiger partial charge in [-0.2, -0.15) is 0 Å². The van der Waals surface area contributed by atoms with E-state index >= 15 is 0 Å². The zero-order valence-corrected chi connectivity index (χ0v) is 14.5. The summed E-state index contributed by atoms with van der Waals surface area (Å²) in [7, 11) is -6.09. The molecular weight excluding hydrogens is 332 g/mol. The van der Waals surface area contributed by atoms with Crippen molar-refractivity contribution in [3.05, 3.63) is 21.5 Å². The number of allylic oxidation sites excluding steroid dienone is 2. The lowest BCUT2D eigenvalue weighted by Gasteiger charge is -2.29. The summed E-state index contributed by atoms with van der Waals surface area (Å²) in [4.78, 5) is -0.240. The van der Waals surface area contributed by atoms with Crippen LogP contribution < -0.4 is 10.0 Å². The Hall–Kier alpha value is -0.610. The van der Waals surface area contributed by atoms with Crippen molar-refractivity contribution < 1.29 is 16.8 Å². The molecule has 2 rings (SSSR count). The fourth-order valence-corrected chi connectivity index (χ4v) is 6.12. The first kappa shape index (κ1) is 16.8. The molecule has 2 atom stereocenters. The second-order valence-electron chi connectivity index (χ2n) is 5.03. The smallest absolute Gasteiger partial charge is 0.241 e. The minimum absolute atomic E-state index is 0.00368. The van der Waals surface area contributed by atoms with Gasteiger partial charge in [-0.1, -0.05) is 19.1 Å². The Morgan fingerprint density at radius 2 is 2.05 bits per heavy atom. The molecule has 1 heterocycles. The maximum atomic E-state index is 12.5. The van der Waals surface area contributed by atoms with Crippen LogP contribution in [0.2, 0.25) is 0 Å². The molecule has 1 aliphatic carbocycles. The molecule has 21 heavy (non-hydrogen) atoms. The zero-order valence-electron chi connectivity index (χ0n) is 12.0. The Balaban J connectivity index is 2.62. The molecule has 0 aromatic carbocycles. The summed E-state index contributed by atoms with van der Waals surface area (Å²) in [6.07, 6.45) is 1.79. The van der Waals surface area contributed by atoms with Gasteiger partial charge in [-0.15, -0.1) is 0 Å². The van der Waals surface area contributed by atoms with Gasteiger partial charge in [0, 0.05) is 6.04 Å². The van der Waals surface area contributed by atoms with Crippen LogP contribution in [-0.4, -0.2) is 46.6 Å². The van der Waals surface area contributed by atoms with Gasteiger partial charge >= 0.3 is 0 Å². The van der Waals surface area contributed by atoms with E-state index in [1.807, 2.05) is 6.92 Å². The van der Waals surface area contributed by atoms with Crippen molar-refractivity contribution in [3.8, 4) is 0 Å². The molecule has 2 aliphatic rings. The Morgan fingerprint density at radius 3 is 2.57 bits per heavy atom. The lowest BCUT2D eigenvalue weighted by molar-refractivity contribution is 0.521. The van der Waals surface area contributed by atoms with Crippen molar-refractivity contribution in [2.24, 2.45) is 0 Å². The van der Waals surface area contributed by atoms with Crippen LogP contribution in [0, 0.1) is 0 Å². The van der Waals surface area contributed by atoms with Crippen LogP contribution in [0.1, 0.15) is 20.3 Å². The topological polar surface area (TPSA) is 92.3 Å². The van der Waals surface area contributed by atoms with E-state index in [0.29, 0.717) is 18.5 Å². The predicted octanol–water partition coefficient (Wildman–Crippen LogP) is 0.242. The number of sulfonamides is 1. The van der Waals surface area contributed by atoms with Crippen LogP contribution in [0.15, 0.2) is 21.5 Å². The van der Waals surface area contributed by atoms with Crippen LogP contribution in [0.5, 0.6) is 0 Å². The molecular formula is C12H18N2O4S3. The monoisotopic (exact) mass is 350 g/mol. The van der Waals surface area contributed by atoms with Crippen molar-refractivity contribution in [1.29, 1.82) is 0 Å². The third kappa shape index (κ3) is 2.61. The first-order valence-corrected chi connectivity index (χ1v) is 10.0. The Bertz CT molecular complexity index is 747. The van der Waals surface area contributed by atoms with Crippen LogP contribution >= 0.6 is 12.2 Å². The summed E-state index contributed by atoms with van der Waals surface area (Å²) in [5.41, 5.74) is 0.466. The third-order valence-corrected chi connectivity index (χ3v) is 8.13. The molecule has 6 nitrogen and oxygen atoms in total. The van der Waals surface area contributed by atoms with Gasteiger partial charge in [-0.05, 0) is 38.6 Å². The fourth-order valence-electron chi connectivity index (χ4n) is 2.60. The van der Waals surface area contributed by atoms with Gasteiger partial charge in [-0.25, -0.2) is 21.6 Å². The fraction of sp³-hybridized carbons (Fsp3) is 0.583. The number of rotatable bonds is 4. The highest BCUT2D eigenvalue weighted by Gasteiger charge is 2.45. The average Bonchev–Trinajstić information content (AvgIpc) is 2.76. The molecule has 0 saturated carbocycles. The second-order valence-corrected chi connectivity index (χ2v) is 9.60. The lowest BCUT2D eigenvalue weighted by atomic mass is 10.0. The Kier molecular flexibility index (Phi) is 4.42. The number of nitrogens with one attached hydrogen (secondary N) is 2. The zero-order chi connectivity index (χ0) is 16.0. The largest absolute Gasteiger partial charge is 0.310 e. The second kappa shape index (κ2) is 5.54. The molecule has 1 aliphatic heterocycles. The van der Waals surface area contributed by atoms with E-state index in [2.05, 4.69) is 10.0 Å². The minimum Gasteiger partial charge on any atom is -0.310 e. The van der Waals surface area contributed by atoms with Crippen LogP contribution in [0.3, 0.4) is 0 Å². The normalized spacial score (nSPS) is 28.5. The van der Waals surface area contributed by atoms with E-state index in [4.69, 9.17) is 12.2 Å². The standard InChI is InChI=1S/C12H18N2O4S3/c1-4-14-9-5-7(2)20(15,16)12-8(9)6-10(11(12)19)21(17,18)13-3/h6-7,9,13-14H,4-5H2,1-3H3/t7-,9-/m0/s1. The Labute approximate surface area is 130 Å². The molecule has 0 radical (unpaired) electrons. The van der Waals surface area contributed by atoms with E-state index in [-0.39, 0.29) is 20.7 Å². The van der Waals surface area contributed by atoms with Gasteiger partial charge in [0.25, 0.3) is 0 Å². The summed E-state index contributed by atoms with van der Waals surface area (Å²) < 4.78 is 51.2. The van der Waals surface area contributed by atoms with Crippen molar-refractivity contribution in [2.75, 3.05) is 13.6 Å². The predicted molar refractivity (Wildman–Crippen MR) is 86.2 cm³/mol. The first-order chi connectivity index (χ1) is 9.66. The van der Waals surface area contributed by atoms with Crippen LogP contribution in [0.4, 0.5) is 0 Å². The number of likely N-dealkylation sites (N-methyl/N-ethyl adjacent to an activating group) is 1. The van der Waals surface area contributed by atoms with Gasteiger partial charge in [-0.3, -0.25) is 0 Å². The molecule has 0 aromatic heterocycles. The van der Waals surface area contributed by atoms with Crippen LogP contribution in [0.25, 0.3) is 0 Å². The summed E-state index contributed by atoms with van der Waals surface area (Å²) in [5, 5.41) is 2.60. The third-order valence-electron chi connectivity index (χ3n) is 3.74. The molecule has 0 spiro atoms. The van der Waals surface area contributed by atoms with Crippen molar-refractivity contribution >= 4 is 36.9 Å². The van der Waals surface area contributed by atoms with Gasteiger partial charge in [0.05, 0.1) is 15.0 Å². The summed E-state index contributed by atoms with van der Waals surface area (Å²) in [6, 6.07) is -0.203. The van der Waals surface area contributed by atoms with Gasteiger partial charge in [0.15, 0.2) is 9.84 Å². The highest BCUT2D eigenvalue weighted by molar-refractivity contribution is 8.01. The SMILES string of the molecule is CCN[C@H]1C[C@H](C)S(=O)(=O)C2=C1C=C(S(=O)(=O)NC)C2=S. The summed E-state index contributed by atoms with van der Waals surface area (Å²) in [6.45, 7) is 4.19. The molecule has 0 fully saturated rings. The van der Waals surface area contributed by atoms with Crippen molar-refractivity contribution in [2.45, 2.75) is 31.6 Å². The van der Waals surface area contributed by atoms with E-state index < -0.39 is 25.1 Å². The molecule has 0 aromatic rings. The van der Waals surface area contributed by atoms with E-state index in [9.17, 15) is 16.8 Å². The quantitative estimate of drug-likeness (QED) is 0.706. The first-order valence-electron chi connectivity index (χ1n) is 6.58. The molecule has 0 bridgehead atoms. The Morgan fingerprint density at radius 1 is 1.43 bits per heavy atom. The highest BCUT2D eigenvalue weighted by atomic mass is 32.2. The van der Waals surface area contributed by atoms with Gasteiger partial charge in [0.1, 0.15) is 4.91 Å². The molecule has 118 valence electrons. The average molecular weight is 350 g/mol. The van der Waals surface area contributed by atoms with E-state index in [1.54, 1.807) is 6.92 Å². The molecule has 0 unspecified atom stereocenters. The summed E-state index contributed by atoms with van der Waals surface area (Å²) >= 11 is 5.14. The molecule has 0 amide bonds. The number of hydrogen-bond acceptors (Lipinski definition) is 6. The number of sulfone groups is 1. The van der Waals surface area contributed by atoms with Gasteiger partial charge < -0.3 is 5.32 Å². The maximum Gasteiger partial charge on any atom is 0.241 e. The van der Waals surface area contributed by atoms with E-state index in [0.717, 1.165) is 0 Å².